The van der Waals surface area contributed by atoms with Gasteiger partial charge in [-0.2, -0.15) is 8.42 Å². The third kappa shape index (κ3) is 0.896. The lowest BCUT2D eigenvalue weighted by Gasteiger charge is -2.00. The van der Waals surface area contributed by atoms with E-state index in [1.165, 1.54) is 24.3 Å². The van der Waals surface area contributed by atoms with Crippen molar-refractivity contribution in [2.24, 2.45) is 5.29 Å². The van der Waals surface area contributed by atoms with Gasteiger partial charge in [-0.3, -0.25) is 4.79 Å². The summed E-state index contributed by atoms with van der Waals surface area (Å²) in [5.41, 5.74) is -0.0212. The SMILES string of the molecule is O=NN1C(=O)c2ccccc2S1(=O)=O. The van der Waals surface area contributed by atoms with Crippen molar-refractivity contribution in [1.29, 1.82) is 0 Å². The summed E-state index contributed by atoms with van der Waals surface area (Å²) in [4.78, 5) is 21.3. The van der Waals surface area contributed by atoms with Crippen LogP contribution in [0, 0.1) is 4.91 Å². The fourth-order valence-corrected chi connectivity index (χ4v) is 2.53. The van der Waals surface area contributed by atoms with Crippen molar-refractivity contribution >= 4 is 15.9 Å². The van der Waals surface area contributed by atoms with Crippen LogP contribution in [0.4, 0.5) is 0 Å². The van der Waals surface area contributed by atoms with E-state index >= 15 is 0 Å². The average molecular weight is 212 g/mol. The highest BCUT2D eigenvalue weighted by atomic mass is 32.2. The number of hydrogen-bond donors (Lipinski definition) is 0. The summed E-state index contributed by atoms with van der Waals surface area (Å²) in [6, 6.07) is 5.58. The van der Waals surface area contributed by atoms with Gasteiger partial charge in [-0.15, -0.1) is 4.91 Å². The maximum atomic E-state index is 11.4. The third-order valence-corrected chi connectivity index (χ3v) is 3.47. The summed E-state index contributed by atoms with van der Waals surface area (Å²) in [5, 5.41) is 2.18. The first kappa shape index (κ1) is 8.82. The third-order valence-electron chi connectivity index (χ3n) is 1.87. The first-order valence-corrected chi connectivity index (χ1v) is 5.05. The molecule has 72 valence electrons. The van der Waals surface area contributed by atoms with Gasteiger partial charge in [0.15, 0.2) is 0 Å². The van der Waals surface area contributed by atoms with Gasteiger partial charge in [-0.1, -0.05) is 16.5 Å². The Bertz CT molecular complexity index is 522. The maximum absolute atomic E-state index is 11.4. The van der Waals surface area contributed by atoms with Gasteiger partial charge in [0, 0.05) is 0 Å². The lowest BCUT2D eigenvalue weighted by molar-refractivity contribution is 0.0872. The molecule has 2 rings (SSSR count). The molecule has 6 nitrogen and oxygen atoms in total. The molecule has 7 heteroatoms. The molecule has 0 N–H and O–H groups in total. The number of fused-ring (bicyclic) bond motifs is 1. The van der Waals surface area contributed by atoms with Crippen LogP contribution in [0.15, 0.2) is 34.4 Å². The van der Waals surface area contributed by atoms with E-state index in [2.05, 4.69) is 5.29 Å². The molecule has 0 radical (unpaired) electrons. The quantitative estimate of drug-likeness (QED) is 0.635. The van der Waals surface area contributed by atoms with Crippen molar-refractivity contribution in [3.63, 3.8) is 0 Å². The molecule has 0 atom stereocenters. The molecule has 1 aliphatic rings. The highest BCUT2D eigenvalue weighted by Crippen LogP contribution is 2.29. The molecule has 0 spiro atoms. The number of sulfonamides is 1. The predicted octanol–water partition coefficient (Wildman–Crippen LogP) is 0.513. The summed E-state index contributed by atoms with van der Waals surface area (Å²) >= 11 is 0. The molecule has 14 heavy (non-hydrogen) atoms. The first-order valence-electron chi connectivity index (χ1n) is 3.61. The predicted molar refractivity (Wildman–Crippen MR) is 45.6 cm³/mol. The number of nitroso groups, excluding NO2 is 1. The summed E-state index contributed by atoms with van der Waals surface area (Å²) in [5.74, 6) is -0.907. The molecule has 0 bridgehead atoms. The molecule has 0 aromatic heterocycles. The van der Waals surface area contributed by atoms with Crippen molar-refractivity contribution in [2.75, 3.05) is 0 Å². The zero-order valence-electron chi connectivity index (χ0n) is 6.75. The van der Waals surface area contributed by atoms with Gasteiger partial charge in [0.1, 0.15) is 4.90 Å². The Morgan fingerprint density at radius 2 is 1.86 bits per heavy atom. The Balaban J connectivity index is 2.80. The molecule has 0 saturated carbocycles. The Morgan fingerprint density at radius 3 is 2.43 bits per heavy atom. The molecular weight excluding hydrogens is 208 g/mol. The van der Waals surface area contributed by atoms with E-state index in [1.54, 1.807) is 0 Å². The molecule has 1 aromatic carbocycles. The number of carbonyl (C=O) groups is 1. The fourth-order valence-electron chi connectivity index (χ4n) is 1.25. The van der Waals surface area contributed by atoms with E-state index in [0.717, 1.165) is 0 Å². The molecule has 1 heterocycles. The van der Waals surface area contributed by atoms with Gasteiger partial charge in [0.2, 0.25) is 0 Å². The fraction of sp³-hybridized carbons (Fsp3) is 0. The molecule has 1 aliphatic heterocycles. The summed E-state index contributed by atoms with van der Waals surface area (Å²) in [7, 11) is -4.04. The second-order valence-corrected chi connectivity index (χ2v) is 4.37. The smallest absolute Gasteiger partial charge is 0.266 e. The lowest BCUT2D eigenvalue weighted by atomic mass is 10.2. The van der Waals surface area contributed by atoms with Gasteiger partial charge in [0.05, 0.1) is 10.8 Å². The van der Waals surface area contributed by atoms with Crippen molar-refractivity contribution in [3.05, 3.63) is 34.7 Å². The Morgan fingerprint density at radius 1 is 1.21 bits per heavy atom. The number of nitrogens with zero attached hydrogens (tertiary/aromatic N) is 2. The second kappa shape index (κ2) is 2.61. The minimum Gasteiger partial charge on any atom is -0.266 e. The Labute approximate surface area is 79.1 Å². The van der Waals surface area contributed by atoms with Crippen LogP contribution in [-0.2, 0) is 10.0 Å². The maximum Gasteiger partial charge on any atom is 0.293 e. The van der Waals surface area contributed by atoms with Gasteiger partial charge in [-0.25, -0.2) is 0 Å². The topological polar surface area (TPSA) is 83.9 Å². The number of hydrogen-bond acceptors (Lipinski definition) is 5. The summed E-state index contributed by atoms with van der Waals surface area (Å²) in [6.45, 7) is 0. The minimum absolute atomic E-state index is 0.0212. The normalized spacial score (nSPS) is 18.0. The standard InChI is InChI=1S/C7H4N2O4S/c10-7-5-3-1-2-4-6(5)14(12,13)9(7)8-11/h1-4H. The molecule has 1 amide bonds. The van der Waals surface area contributed by atoms with E-state index in [9.17, 15) is 18.1 Å². The van der Waals surface area contributed by atoms with Crippen LogP contribution in [0.5, 0.6) is 0 Å². The van der Waals surface area contributed by atoms with Crippen molar-refractivity contribution in [2.45, 2.75) is 4.90 Å². The van der Waals surface area contributed by atoms with Crippen molar-refractivity contribution in [3.8, 4) is 0 Å². The molecule has 0 aliphatic carbocycles. The average Bonchev–Trinajstić information content (AvgIpc) is 2.36. The molecule has 0 saturated heterocycles. The minimum atomic E-state index is -4.04. The summed E-state index contributed by atoms with van der Waals surface area (Å²) < 4.78 is 22.8. The van der Waals surface area contributed by atoms with Crippen LogP contribution in [-0.4, -0.2) is 18.7 Å². The number of carbonyl (C=O) groups excluding carboxylic acids is 1. The van der Waals surface area contributed by atoms with E-state index in [1.807, 2.05) is 0 Å². The highest BCUT2D eigenvalue weighted by Gasteiger charge is 2.42. The highest BCUT2D eigenvalue weighted by molar-refractivity contribution is 7.90. The Hall–Kier alpha value is -1.76. The van der Waals surface area contributed by atoms with E-state index in [0.29, 0.717) is 0 Å². The Kier molecular flexibility index (Phi) is 1.65. The van der Waals surface area contributed by atoms with E-state index in [-0.39, 0.29) is 14.9 Å². The first-order chi connectivity index (χ1) is 6.59. The van der Waals surface area contributed by atoms with Crippen LogP contribution in [0.3, 0.4) is 0 Å². The van der Waals surface area contributed by atoms with Gasteiger partial charge >= 0.3 is 0 Å². The zero-order chi connectivity index (χ0) is 10.3. The number of rotatable bonds is 1. The molecule has 1 aromatic rings. The number of benzene rings is 1. The van der Waals surface area contributed by atoms with Crippen LogP contribution >= 0.6 is 0 Å². The van der Waals surface area contributed by atoms with Gasteiger partial charge < -0.3 is 0 Å². The van der Waals surface area contributed by atoms with E-state index < -0.39 is 15.9 Å². The zero-order valence-corrected chi connectivity index (χ0v) is 7.56. The van der Waals surface area contributed by atoms with Crippen LogP contribution < -0.4 is 0 Å². The molecule has 0 unspecified atom stereocenters. The van der Waals surface area contributed by atoms with Crippen molar-refractivity contribution < 1.29 is 13.2 Å². The molecule has 0 fully saturated rings. The molecular formula is C7H4N2O4S. The van der Waals surface area contributed by atoms with Crippen LogP contribution in [0.25, 0.3) is 0 Å². The van der Waals surface area contributed by atoms with Crippen LogP contribution in [0.2, 0.25) is 0 Å². The number of amides is 1. The van der Waals surface area contributed by atoms with Crippen LogP contribution in [0.1, 0.15) is 10.4 Å². The monoisotopic (exact) mass is 212 g/mol. The second-order valence-electron chi connectivity index (χ2n) is 2.63. The van der Waals surface area contributed by atoms with Gasteiger partial charge in [0.25, 0.3) is 15.9 Å². The van der Waals surface area contributed by atoms with Crippen molar-refractivity contribution in [1.82, 2.24) is 4.41 Å². The lowest BCUT2D eigenvalue weighted by Crippen LogP contribution is -2.23. The largest absolute Gasteiger partial charge is 0.293 e. The van der Waals surface area contributed by atoms with Gasteiger partial charge in [-0.05, 0) is 12.1 Å². The summed E-state index contributed by atoms with van der Waals surface area (Å²) in [6.07, 6.45) is 0. The van der Waals surface area contributed by atoms with E-state index in [4.69, 9.17) is 0 Å².